The molecule has 0 bridgehead atoms. The van der Waals surface area contributed by atoms with Crippen LogP contribution in [0.15, 0.2) is 30.5 Å². The number of methoxy groups -OCH3 is 1. The summed E-state index contributed by atoms with van der Waals surface area (Å²) in [6.07, 6.45) is 5.63. The van der Waals surface area contributed by atoms with Gasteiger partial charge in [0.1, 0.15) is 5.75 Å². The molecular weight excluding hydrogens is 422 g/mol. The van der Waals surface area contributed by atoms with Crippen molar-refractivity contribution in [1.29, 1.82) is 0 Å². The van der Waals surface area contributed by atoms with Gasteiger partial charge in [-0.15, -0.1) is 34.0 Å². The second kappa shape index (κ2) is 12.6. The van der Waals surface area contributed by atoms with Crippen LogP contribution < -0.4 is 15.4 Å². The summed E-state index contributed by atoms with van der Waals surface area (Å²) in [5.41, 5.74) is 2.02. The van der Waals surface area contributed by atoms with E-state index in [0.717, 1.165) is 42.0 Å². The summed E-state index contributed by atoms with van der Waals surface area (Å²) >= 11 is 0. The summed E-state index contributed by atoms with van der Waals surface area (Å²) in [4.78, 5) is 4.46. The van der Waals surface area contributed by atoms with Gasteiger partial charge in [-0.25, -0.2) is 0 Å². The first kappa shape index (κ1) is 22.1. The average Bonchev–Trinajstić information content (AvgIpc) is 2.53. The van der Waals surface area contributed by atoms with E-state index < -0.39 is 0 Å². The molecule has 2 N–H and O–H groups in total. The highest BCUT2D eigenvalue weighted by atomic mass is 79.9. The standard InChI is InChI=1S/C17H25N3O.2BrH/c1-3-4-5-8-18-10-11-19-16-13-15(21-2)12-14-7-6-9-20-17(14)16;;/h6-7,9,12-13,18-19H,3-5,8,10-11H2,1-2H3;2*1H. The monoisotopic (exact) mass is 447 g/mol. The van der Waals surface area contributed by atoms with E-state index >= 15 is 0 Å². The molecule has 1 aromatic heterocycles. The first-order valence-electron chi connectivity index (χ1n) is 7.72. The Bertz CT molecular complexity index is 567. The van der Waals surface area contributed by atoms with Crippen molar-refractivity contribution in [3.63, 3.8) is 0 Å². The third-order valence-corrected chi connectivity index (χ3v) is 3.49. The smallest absolute Gasteiger partial charge is 0.121 e. The molecule has 23 heavy (non-hydrogen) atoms. The molecule has 0 unspecified atom stereocenters. The van der Waals surface area contributed by atoms with Crippen LogP contribution in [0.25, 0.3) is 10.9 Å². The van der Waals surface area contributed by atoms with Gasteiger partial charge in [-0.2, -0.15) is 0 Å². The maximum absolute atomic E-state index is 5.35. The molecule has 0 fully saturated rings. The van der Waals surface area contributed by atoms with Crippen LogP contribution in [-0.4, -0.2) is 31.7 Å². The number of anilines is 1. The van der Waals surface area contributed by atoms with Gasteiger partial charge < -0.3 is 15.4 Å². The summed E-state index contributed by atoms with van der Waals surface area (Å²) in [7, 11) is 1.69. The molecule has 0 aliphatic heterocycles. The van der Waals surface area contributed by atoms with E-state index in [0.29, 0.717) is 0 Å². The van der Waals surface area contributed by atoms with E-state index in [1.54, 1.807) is 7.11 Å². The third-order valence-electron chi connectivity index (χ3n) is 3.49. The molecule has 0 aliphatic rings. The van der Waals surface area contributed by atoms with Crippen molar-refractivity contribution in [3.8, 4) is 5.75 Å². The number of unbranched alkanes of at least 4 members (excludes halogenated alkanes) is 2. The van der Waals surface area contributed by atoms with E-state index in [2.05, 4.69) is 28.6 Å². The molecule has 2 aromatic rings. The van der Waals surface area contributed by atoms with Crippen molar-refractivity contribution in [1.82, 2.24) is 10.3 Å². The number of aromatic nitrogens is 1. The fraction of sp³-hybridized carbons (Fsp3) is 0.471. The lowest BCUT2D eigenvalue weighted by Gasteiger charge is -2.11. The maximum atomic E-state index is 5.35. The number of ether oxygens (including phenoxy) is 1. The van der Waals surface area contributed by atoms with E-state index in [4.69, 9.17) is 4.74 Å². The number of hydrogen-bond acceptors (Lipinski definition) is 4. The van der Waals surface area contributed by atoms with Gasteiger partial charge in [-0.1, -0.05) is 25.8 Å². The van der Waals surface area contributed by atoms with Gasteiger partial charge in [0.15, 0.2) is 0 Å². The van der Waals surface area contributed by atoms with Gasteiger partial charge in [0.25, 0.3) is 0 Å². The number of halogens is 2. The Kier molecular flexibility index (Phi) is 12.1. The van der Waals surface area contributed by atoms with Crippen molar-refractivity contribution < 1.29 is 4.74 Å². The number of pyridine rings is 1. The van der Waals surface area contributed by atoms with E-state index in [1.807, 2.05) is 24.4 Å². The van der Waals surface area contributed by atoms with E-state index in [9.17, 15) is 0 Å². The Morgan fingerprint density at radius 1 is 1.09 bits per heavy atom. The van der Waals surface area contributed by atoms with Gasteiger partial charge >= 0.3 is 0 Å². The van der Waals surface area contributed by atoms with Crippen LogP contribution >= 0.6 is 34.0 Å². The number of rotatable bonds is 9. The largest absolute Gasteiger partial charge is 0.497 e. The van der Waals surface area contributed by atoms with Gasteiger partial charge in [-0.3, -0.25) is 4.98 Å². The Balaban J connectivity index is 0.00000242. The highest BCUT2D eigenvalue weighted by Crippen LogP contribution is 2.27. The molecule has 0 atom stereocenters. The van der Waals surface area contributed by atoms with Crippen LogP contribution in [0.4, 0.5) is 5.69 Å². The zero-order chi connectivity index (χ0) is 14.9. The second-order valence-electron chi connectivity index (χ2n) is 5.13. The Hall–Kier alpha value is -0.850. The molecule has 4 nitrogen and oxygen atoms in total. The van der Waals surface area contributed by atoms with Crippen molar-refractivity contribution in [3.05, 3.63) is 30.5 Å². The first-order chi connectivity index (χ1) is 10.3. The molecule has 0 saturated heterocycles. The number of fused-ring (bicyclic) bond motifs is 1. The summed E-state index contributed by atoms with van der Waals surface area (Å²) in [6.45, 7) is 5.15. The van der Waals surface area contributed by atoms with Crippen LogP contribution in [0, 0.1) is 0 Å². The molecule has 0 amide bonds. The topological polar surface area (TPSA) is 46.2 Å². The van der Waals surface area contributed by atoms with Gasteiger partial charge in [0.05, 0.1) is 18.3 Å². The highest BCUT2D eigenvalue weighted by Gasteiger charge is 2.05. The predicted molar refractivity (Wildman–Crippen MR) is 110 cm³/mol. The minimum atomic E-state index is 0. The lowest BCUT2D eigenvalue weighted by Crippen LogP contribution is -2.23. The quantitative estimate of drug-likeness (QED) is 0.550. The highest BCUT2D eigenvalue weighted by molar-refractivity contribution is 8.93. The fourth-order valence-electron chi connectivity index (χ4n) is 2.33. The lowest BCUT2D eigenvalue weighted by molar-refractivity contribution is 0.415. The van der Waals surface area contributed by atoms with Crippen LogP contribution in [-0.2, 0) is 0 Å². The molecule has 0 aliphatic carbocycles. The minimum absolute atomic E-state index is 0. The van der Waals surface area contributed by atoms with Crippen LogP contribution in [0.2, 0.25) is 0 Å². The Labute approximate surface area is 159 Å². The van der Waals surface area contributed by atoms with Crippen molar-refractivity contribution in [2.75, 3.05) is 32.1 Å². The zero-order valence-corrected chi connectivity index (χ0v) is 17.2. The summed E-state index contributed by atoms with van der Waals surface area (Å²) in [5, 5.41) is 7.99. The molecule has 0 radical (unpaired) electrons. The van der Waals surface area contributed by atoms with Gasteiger partial charge in [0, 0.05) is 30.7 Å². The number of nitrogens with zero attached hydrogens (tertiary/aromatic N) is 1. The molecule has 130 valence electrons. The van der Waals surface area contributed by atoms with E-state index in [-0.39, 0.29) is 34.0 Å². The van der Waals surface area contributed by atoms with Gasteiger partial charge in [0.2, 0.25) is 0 Å². The zero-order valence-electron chi connectivity index (χ0n) is 13.8. The normalized spacial score (nSPS) is 9.83. The molecule has 1 heterocycles. The summed E-state index contributed by atoms with van der Waals surface area (Å²) in [6, 6.07) is 8.02. The van der Waals surface area contributed by atoms with Crippen molar-refractivity contribution in [2.24, 2.45) is 0 Å². The molecule has 2 rings (SSSR count). The van der Waals surface area contributed by atoms with Crippen molar-refractivity contribution >= 4 is 50.6 Å². The molecule has 0 saturated carbocycles. The summed E-state index contributed by atoms with van der Waals surface area (Å²) < 4.78 is 5.35. The fourth-order valence-corrected chi connectivity index (χ4v) is 2.33. The number of benzene rings is 1. The van der Waals surface area contributed by atoms with Gasteiger partial charge in [-0.05, 0) is 25.1 Å². The van der Waals surface area contributed by atoms with E-state index in [1.165, 1.54) is 19.3 Å². The van der Waals surface area contributed by atoms with Crippen LogP contribution in [0.3, 0.4) is 0 Å². The predicted octanol–water partition coefficient (Wildman–Crippen LogP) is 4.59. The third kappa shape index (κ3) is 7.06. The molecule has 1 aromatic carbocycles. The SMILES string of the molecule is Br.Br.CCCCCNCCNc1cc(OC)cc2cccnc12. The number of hydrogen-bond donors (Lipinski definition) is 2. The number of nitrogens with one attached hydrogen (secondary N) is 2. The second-order valence-corrected chi connectivity index (χ2v) is 5.13. The Morgan fingerprint density at radius 2 is 1.91 bits per heavy atom. The summed E-state index contributed by atoms with van der Waals surface area (Å²) in [5.74, 6) is 0.855. The maximum Gasteiger partial charge on any atom is 0.121 e. The van der Waals surface area contributed by atoms with Crippen LogP contribution in [0.1, 0.15) is 26.2 Å². The van der Waals surface area contributed by atoms with Crippen LogP contribution in [0.5, 0.6) is 5.75 Å². The molecular formula is C17H27Br2N3O. The average molecular weight is 449 g/mol. The minimum Gasteiger partial charge on any atom is -0.497 e. The Morgan fingerprint density at radius 3 is 2.65 bits per heavy atom. The lowest BCUT2D eigenvalue weighted by atomic mass is 10.2. The van der Waals surface area contributed by atoms with Crippen molar-refractivity contribution in [2.45, 2.75) is 26.2 Å². The molecule has 6 heteroatoms. The molecule has 0 spiro atoms. The first-order valence-corrected chi connectivity index (χ1v) is 7.72.